The molecule has 0 radical (unpaired) electrons. The lowest BCUT2D eigenvalue weighted by molar-refractivity contribution is 0.0766. The lowest BCUT2D eigenvalue weighted by Gasteiger charge is -2.19. The number of carboxylic acid groups (broad SMARTS) is 1. The molecule has 0 bridgehead atoms. The topological polar surface area (TPSA) is 105 Å². The summed E-state index contributed by atoms with van der Waals surface area (Å²) in [6, 6.07) is 11.1. The molecule has 8 nitrogen and oxygen atoms in total. The first-order chi connectivity index (χ1) is 15.4. The highest BCUT2D eigenvalue weighted by Gasteiger charge is 2.57. The lowest BCUT2D eigenvalue weighted by atomic mass is 10.2. The average molecular weight is 440 g/mol. The first kappa shape index (κ1) is 20.1. The van der Waals surface area contributed by atoms with E-state index in [1.807, 2.05) is 0 Å². The molecule has 32 heavy (non-hydrogen) atoms. The van der Waals surface area contributed by atoms with Crippen molar-refractivity contribution in [1.29, 1.82) is 0 Å². The summed E-state index contributed by atoms with van der Waals surface area (Å²) in [4.78, 5) is 33.6. The third kappa shape index (κ3) is 3.79. The van der Waals surface area contributed by atoms with Crippen LogP contribution in [0.3, 0.4) is 0 Å². The van der Waals surface area contributed by atoms with Crippen LogP contribution in [0, 0.1) is 11.8 Å². The Hall–Kier alpha value is -3.82. The molecule has 2 aliphatic rings. The predicted molar refractivity (Wildman–Crippen MR) is 109 cm³/mol. The van der Waals surface area contributed by atoms with Gasteiger partial charge < -0.3 is 20.1 Å². The van der Waals surface area contributed by atoms with E-state index in [-0.39, 0.29) is 35.2 Å². The molecule has 1 saturated heterocycles. The Bertz CT molecular complexity index is 1190. The Labute approximate surface area is 180 Å². The zero-order chi connectivity index (χ0) is 22.4. The summed E-state index contributed by atoms with van der Waals surface area (Å²) >= 11 is 0. The number of likely N-dealkylation sites (tertiary alicyclic amines) is 1. The number of hydrogen-bond acceptors (Lipinski definition) is 5. The van der Waals surface area contributed by atoms with Gasteiger partial charge in [0.2, 0.25) is 5.88 Å². The van der Waals surface area contributed by atoms with E-state index >= 15 is 0 Å². The fourth-order valence-corrected chi connectivity index (χ4v) is 4.20. The third-order valence-electron chi connectivity index (χ3n) is 5.88. The fourth-order valence-electron chi connectivity index (χ4n) is 4.20. The van der Waals surface area contributed by atoms with E-state index in [1.165, 1.54) is 12.1 Å². The second kappa shape index (κ2) is 7.70. The van der Waals surface area contributed by atoms with E-state index in [0.717, 1.165) is 11.6 Å². The van der Waals surface area contributed by atoms with E-state index in [1.54, 1.807) is 35.2 Å². The van der Waals surface area contributed by atoms with Gasteiger partial charge in [-0.15, -0.1) is 0 Å². The van der Waals surface area contributed by atoms with Crippen molar-refractivity contribution in [3.8, 4) is 11.6 Å². The van der Waals surface area contributed by atoms with E-state index in [2.05, 4.69) is 15.3 Å². The molecule has 164 valence electrons. The summed E-state index contributed by atoms with van der Waals surface area (Å²) in [5.74, 6) is 0.804. The van der Waals surface area contributed by atoms with E-state index in [4.69, 9.17) is 9.84 Å². The van der Waals surface area contributed by atoms with Crippen molar-refractivity contribution in [1.82, 2.24) is 20.2 Å². The van der Waals surface area contributed by atoms with Crippen molar-refractivity contribution in [3.05, 3.63) is 59.9 Å². The number of amides is 2. The number of carbonyl (C=O) groups is 2. The summed E-state index contributed by atoms with van der Waals surface area (Å²) < 4.78 is 30.9. The quantitative estimate of drug-likeness (QED) is 0.627. The van der Waals surface area contributed by atoms with Gasteiger partial charge in [0.15, 0.2) is 0 Å². The van der Waals surface area contributed by atoms with Crippen molar-refractivity contribution in [2.75, 3.05) is 13.1 Å². The highest BCUT2D eigenvalue weighted by molar-refractivity contribution is 5.95. The maximum atomic E-state index is 12.8. The molecule has 1 aliphatic carbocycles. The average Bonchev–Trinajstić information content (AvgIpc) is 3.19. The second-order valence-electron chi connectivity index (χ2n) is 7.90. The van der Waals surface area contributed by atoms with Gasteiger partial charge in [0.05, 0.1) is 5.52 Å². The smallest absolute Gasteiger partial charge is 0.404 e. The molecule has 1 aliphatic heterocycles. The number of fused-ring (bicyclic) bond motifs is 2. The molecule has 3 heterocycles. The largest absolute Gasteiger partial charge is 0.465 e. The first-order valence-corrected chi connectivity index (χ1v) is 10.0. The van der Waals surface area contributed by atoms with Gasteiger partial charge in [0.25, 0.3) is 12.3 Å². The Balaban J connectivity index is 1.26. The maximum Gasteiger partial charge on any atom is 0.404 e. The molecule has 0 spiro atoms. The Morgan fingerprint density at radius 1 is 1.12 bits per heavy atom. The highest BCUT2D eigenvalue weighted by Crippen LogP contribution is 2.45. The highest BCUT2D eigenvalue weighted by atomic mass is 19.3. The molecular formula is C22H18F2N4O4. The Morgan fingerprint density at radius 3 is 2.56 bits per heavy atom. The number of halogens is 2. The number of ether oxygens (including phenoxy) is 1. The van der Waals surface area contributed by atoms with Gasteiger partial charge in [-0.25, -0.2) is 23.5 Å². The van der Waals surface area contributed by atoms with Gasteiger partial charge in [-0.3, -0.25) is 4.79 Å². The Kier molecular flexibility index (Phi) is 4.84. The number of benzene rings is 1. The Morgan fingerprint density at radius 2 is 1.91 bits per heavy atom. The summed E-state index contributed by atoms with van der Waals surface area (Å²) in [6.07, 6.45) is -2.56. The van der Waals surface area contributed by atoms with Crippen molar-refractivity contribution in [3.63, 3.8) is 0 Å². The number of hydrogen-bond donors (Lipinski definition) is 2. The van der Waals surface area contributed by atoms with Crippen molar-refractivity contribution in [2.24, 2.45) is 11.8 Å². The number of carbonyl (C=O) groups excluding carboxylic acids is 1. The van der Waals surface area contributed by atoms with Crippen LogP contribution in [0.25, 0.3) is 10.9 Å². The number of rotatable bonds is 5. The predicted octanol–water partition coefficient (Wildman–Crippen LogP) is 3.70. The third-order valence-corrected chi connectivity index (χ3v) is 5.88. The minimum Gasteiger partial charge on any atom is -0.465 e. The molecule has 1 aromatic carbocycles. The van der Waals surface area contributed by atoms with Crippen LogP contribution < -0.4 is 10.1 Å². The van der Waals surface area contributed by atoms with E-state index in [0.29, 0.717) is 30.0 Å². The van der Waals surface area contributed by atoms with Gasteiger partial charge in [0.1, 0.15) is 11.4 Å². The van der Waals surface area contributed by atoms with E-state index < -0.39 is 12.5 Å². The number of nitrogens with zero attached hydrogens (tertiary/aromatic N) is 3. The number of nitrogens with one attached hydrogen (secondary N) is 1. The summed E-state index contributed by atoms with van der Waals surface area (Å²) in [7, 11) is 0. The summed E-state index contributed by atoms with van der Waals surface area (Å²) in [5.41, 5.74) is 0.750. The van der Waals surface area contributed by atoms with Crippen molar-refractivity contribution >= 4 is 22.9 Å². The normalized spacial score (nSPS) is 21.5. The van der Waals surface area contributed by atoms with Gasteiger partial charge in [0, 0.05) is 54.2 Å². The molecule has 3 aromatic rings. The van der Waals surface area contributed by atoms with Gasteiger partial charge in [-0.1, -0.05) is 6.07 Å². The molecule has 2 amide bonds. The number of aromatic nitrogens is 2. The van der Waals surface area contributed by atoms with Crippen LogP contribution in [0.5, 0.6) is 11.6 Å². The first-order valence-electron chi connectivity index (χ1n) is 10.0. The van der Waals surface area contributed by atoms with Crippen LogP contribution in [-0.4, -0.2) is 51.1 Å². The van der Waals surface area contributed by atoms with Crippen LogP contribution in [-0.2, 0) is 0 Å². The number of piperidine rings is 1. The molecule has 2 N–H and O–H groups in total. The maximum absolute atomic E-state index is 12.8. The fraction of sp³-hybridized carbons (Fsp3) is 0.273. The molecule has 3 atom stereocenters. The zero-order valence-electron chi connectivity index (χ0n) is 16.6. The van der Waals surface area contributed by atoms with E-state index in [9.17, 15) is 18.4 Å². The minimum absolute atomic E-state index is 0.0689. The van der Waals surface area contributed by atoms with Crippen LogP contribution in [0.4, 0.5) is 13.6 Å². The standard InChI is InChI=1S/C22H18F2N4O4/c23-20(24)12-2-6-18(25-8-12)32-13-3-5-16-11(7-13)1-4-17(26-16)21(29)28-9-14-15(10-28)19(14)27-22(30)31/h1-8,14-15,19-20,27H,9-10H2,(H,30,31)/t14-,15+,19?. The SMILES string of the molecule is O=C(O)NC1[C@H]2CN(C(=O)c3ccc4cc(Oc5ccc(C(F)F)cn5)ccc4n3)C[C@@H]12. The van der Waals surface area contributed by atoms with Crippen LogP contribution in [0.15, 0.2) is 48.7 Å². The molecule has 5 rings (SSSR count). The number of pyridine rings is 2. The molecular weight excluding hydrogens is 422 g/mol. The van der Waals surface area contributed by atoms with Gasteiger partial charge in [-0.05, 0) is 30.3 Å². The molecule has 1 saturated carbocycles. The monoisotopic (exact) mass is 440 g/mol. The minimum atomic E-state index is -2.59. The number of alkyl halides is 2. The van der Waals surface area contributed by atoms with Gasteiger partial charge >= 0.3 is 6.09 Å². The molecule has 10 heteroatoms. The summed E-state index contributed by atoms with van der Waals surface area (Å²) in [6.45, 7) is 1.02. The molecule has 2 fully saturated rings. The zero-order valence-corrected chi connectivity index (χ0v) is 16.6. The molecule has 2 aromatic heterocycles. The van der Waals surface area contributed by atoms with Crippen molar-refractivity contribution in [2.45, 2.75) is 12.5 Å². The molecule has 1 unspecified atom stereocenters. The van der Waals surface area contributed by atoms with Crippen LogP contribution in [0.2, 0.25) is 0 Å². The van der Waals surface area contributed by atoms with Gasteiger partial charge in [-0.2, -0.15) is 0 Å². The second-order valence-corrected chi connectivity index (χ2v) is 7.90. The van der Waals surface area contributed by atoms with Crippen LogP contribution in [0.1, 0.15) is 22.5 Å². The summed E-state index contributed by atoms with van der Waals surface area (Å²) in [5, 5.41) is 12.1. The van der Waals surface area contributed by atoms with Crippen molar-refractivity contribution < 1.29 is 28.2 Å². The van der Waals surface area contributed by atoms with Crippen LogP contribution >= 0.6 is 0 Å². The lowest BCUT2D eigenvalue weighted by Crippen LogP contribution is -2.37.